The summed E-state index contributed by atoms with van der Waals surface area (Å²) in [6, 6.07) is 9.45. The minimum absolute atomic E-state index is 0.0153. The van der Waals surface area contributed by atoms with Gasteiger partial charge in [-0.1, -0.05) is 18.2 Å². The first-order valence-corrected chi connectivity index (χ1v) is 10.0. The number of likely N-dealkylation sites (tertiary alicyclic amines) is 2. The fourth-order valence-electron chi connectivity index (χ4n) is 4.06. The highest BCUT2D eigenvalue weighted by atomic mass is 16.5. The lowest BCUT2D eigenvalue weighted by Crippen LogP contribution is -2.51. The van der Waals surface area contributed by atoms with Crippen LogP contribution in [0.25, 0.3) is 0 Å². The average molecular weight is 373 g/mol. The molecule has 2 fully saturated rings. The van der Waals surface area contributed by atoms with Crippen LogP contribution in [-0.4, -0.2) is 60.4 Å². The van der Waals surface area contributed by atoms with Crippen molar-refractivity contribution in [2.45, 2.75) is 38.6 Å². The third-order valence-electron chi connectivity index (χ3n) is 5.74. The fraction of sp³-hybridized carbons (Fsp3) is 0.619. The molecule has 2 N–H and O–H groups in total. The van der Waals surface area contributed by atoms with Crippen LogP contribution in [0.3, 0.4) is 0 Å². The van der Waals surface area contributed by atoms with Crippen LogP contribution in [0, 0.1) is 11.8 Å². The average Bonchev–Trinajstić information content (AvgIpc) is 2.72. The van der Waals surface area contributed by atoms with E-state index < -0.39 is 0 Å². The molecule has 6 heteroatoms. The Balaban J connectivity index is 1.52. The minimum atomic E-state index is -0.105. The molecule has 2 amide bonds. The van der Waals surface area contributed by atoms with Gasteiger partial charge in [-0.2, -0.15) is 0 Å². The highest BCUT2D eigenvalue weighted by Gasteiger charge is 2.34. The molecule has 2 saturated heterocycles. The Hall–Kier alpha value is -2.08. The van der Waals surface area contributed by atoms with Gasteiger partial charge in [0.05, 0.1) is 5.92 Å². The second kappa shape index (κ2) is 9.22. The number of amides is 2. The second-order valence-corrected chi connectivity index (χ2v) is 7.83. The van der Waals surface area contributed by atoms with E-state index in [2.05, 4.69) is 0 Å². The van der Waals surface area contributed by atoms with Crippen molar-refractivity contribution in [1.82, 2.24) is 9.80 Å². The summed E-state index contributed by atoms with van der Waals surface area (Å²) in [5, 5.41) is 0. The molecule has 0 spiro atoms. The molecule has 2 heterocycles. The first-order valence-electron chi connectivity index (χ1n) is 10.0. The quantitative estimate of drug-likeness (QED) is 0.855. The number of carbonyl (C=O) groups excluding carboxylic acids is 2. The predicted molar refractivity (Wildman–Crippen MR) is 104 cm³/mol. The fourth-order valence-corrected chi connectivity index (χ4v) is 4.06. The Morgan fingerprint density at radius 1 is 1.11 bits per heavy atom. The summed E-state index contributed by atoms with van der Waals surface area (Å²) in [7, 11) is 0. The molecule has 27 heavy (non-hydrogen) atoms. The Morgan fingerprint density at radius 2 is 1.81 bits per heavy atom. The monoisotopic (exact) mass is 373 g/mol. The van der Waals surface area contributed by atoms with Gasteiger partial charge in [-0.25, -0.2) is 0 Å². The SMILES string of the molecule is CC(N)C1CCCN(C(=O)C2CCCN(C(=O)COc3ccccc3)C2)C1. The number of carbonyl (C=O) groups is 2. The van der Waals surface area contributed by atoms with E-state index >= 15 is 0 Å². The third kappa shape index (κ3) is 5.22. The van der Waals surface area contributed by atoms with E-state index in [0.29, 0.717) is 24.8 Å². The van der Waals surface area contributed by atoms with Gasteiger partial charge < -0.3 is 20.3 Å². The Kier molecular flexibility index (Phi) is 6.72. The minimum Gasteiger partial charge on any atom is -0.484 e. The van der Waals surface area contributed by atoms with Crippen LogP contribution in [0.4, 0.5) is 0 Å². The van der Waals surface area contributed by atoms with Crippen molar-refractivity contribution in [3.63, 3.8) is 0 Å². The zero-order valence-corrected chi connectivity index (χ0v) is 16.2. The first kappa shape index (κ1) is 19.7. The topological polar surface area (TPSA) is 75.9 Å². The van der Waals surface area contributed by atoms with Gasteiger partial charge in [-0.3, -0.25) is 9.59 Å². The zero-order chi connectivity index (χ0) is 19.2. The molecule has 0 radical (unpaired) electrons. The third-order valence-corrected chi connectivity index (χ3v) is 5.74. The number of hydrogen-bond acceptors (Lipinski definition) is 4. The number of ether oxygens (including phenoxy) is 1. The van der Waals surface area contributed by atoms with Crippen LogP contribution in [0.2, 0.25) is 0 Å². The Morgan fingerprint density at radius 3 is 2.56 bits per heavy atom. The lowest BCUT2D eigenvalue weighted by molar-refractivity contribution is -0.143. The van der Waals surface area contributed by atoms with Crippen molar-refractivity contribution in [3.05, 3.63) is 30.3 Å². The smallest absolute Gasteiger partial charge is 0.260 e. The molecule has 0 aliphatic carbocycles. The van der Waals surface area contributed by atoms with E-state index in [0.717, 1.165) is 38.8 Å². The molecule has 3 atom stereocenters. The molecule has 2 aliphatic heterocycles. The number of rotatable bonds is 5. The van der Waals surface area contributed by atoms with Gasteiger partial charge in [0, 0.05) is 32.2 Å². The van der Waals surface area contributed by atoms with Crippen molar-refractivity contribution in [1.29, 1.82) is 0 Å². The van der Waals surface area contributed by atoms with Gasteiger partial charge in [-0.05, 0) is 50.7 Å². The molecule has 0 aromatic heterocycles. The van der Waals surface area contributed by atoms with Crippen LogP contribution < -0.4 is 10.5 Å². The number of hydrogen-bond donors (Lipinski definition) is 1. The highest BCUT2D eigenvalue weighted by molar-refractivity contribution is 5.82. The Bertz CT molecular complexity index is 635. The van der Waals surface area contributed by atoms with Crippen LogP contribution in [0.1, 0.15) is 32.6 Å². The summed E-state index contributed by atoms with van der Waals surface area (Å²) in [5.74, 6) is 1.09. The number of para-hydroxylation sites is 1. The summed E-state index contributed by atoms with van der Waals surface area (Å²) in [5.41, 5.74) is 6.05. The van der Waals surface area contributed by atoms with Gasteiger partial charge in [-0.15, -0.1) is 0 Å². The molecule has 0 bridgehead atoms. The summed E-state index contributed by atoms with van der Waals surface area (Å²) < 4.78 is 5.57. The van der Waals surface area contributed by atoms with E-state index in [9.17, 15) is 9.59 Å². The lowest BCUT2D eigenvalue weighted by Gasteiger charge is -2.39. The molecule has 3 rings (SSSR count). The molecule has 1 aromatic rings. The van der Waals surface area contributed by atoms with Gasteiger partial charge in [0.1, 0.15) is 5.75 Å². The van der Waals surface area contributed by atoms with Crippen molar-refractivity contribution in [2.24, 2.45) is 17.6 Å². The molecular formula is C21H31N3O3. The van der Waals surface area contributed by atoms with Crippen molar-refractivity contribution in [3.8, 4) is 5.75 Å². The first-order chi connectivity index (χ1) is 13.0. The van der Waals surface area contributed by atoms with E-state index in [1.807, 2.05) is 42.2 Å². The maximum absolute atomic E-state index is 13.0. The molecule has 3 unspecified atom stereocenters. The van der Waals surface area contributed by atoms with Gasteiger partial charge in [0.25, 0.3) is 5.91 Å². The number of piperidine rings is 2. The van der Waals surface area contributed by atoms with E-state index in [1.54, 1.807) is 4.90 Å². The van der Waals surface area contributed by atoms with Crippen molar-refractivity contribution < 1.29 is 14.3 Å². The standard InChI is InChI=1S/C21H31N3O3/c1-16(22)17-7-5-12-24(13-17)21(26)18-8-6-11-23(14-18)20(25)15-27-19-9-3-2-4-10-19/h2-4,9-10,16-18H,5-8,11-15,22H2,1H3. The number of benzene rings is 1. The largest absolute Gasteiger partial charge is 0.484 e. The summed E-state index contributed by atoms with van der Waals surface area (Å²) in [6.07, 6.45) is 3.81. The van der Waals surface area contributed by atoms with Crippen molar-refractivity contribution in [2.75, 3.05) is 32.8 Å². The molecule has 2 aliphatic rings. The normalized spacial score (nSPS) is 24.4. The Labute approximate surface area is 161 Å². The van der Waals surface area contributed by atoms with E-state index in [4.69, 9.17) is 10.5 Å². The maximum atomic E-state index is 13.0. The number of nitrogens with zero attached hydrogens (tertiary/aromatic N) is 2. The molecule has 148 valence electrons. The highest BCUT2D eigenvalue weighted by Crippen LogP contribution is 2.24. The molecule has 6 nitrogen and oxygen atoms in total. The van der Waals surface area contributed by atoms with E-state index in [1.165, 1.54) is 0 Å². The van der Waals surface area contributed by atoms with Crippen LogP contribution >= 0.6 is 0 Å². The lowest BCUT2D eigenvalue weighted by atomic mass is 9.90. The predicted octanol–water partition coefficient (Wildman–Crippen LogP) is 1.89. The van der Waals surface area contributed by atoms with Gasteiger partial charge in [0.2, 0.25) is 5.91 Å². The summed E-state index contributed by atoms with van der Waals surface area (Å²) in [6.45, 7) is 4.79. The molecule has 0 saturated carbocycles. The number of nitrogens with two attached hydrogens (primary N) is 1. The van der Waals surface area contributed by atoms with Crippen LogP contribution in [-0.2, 0) is 9.59 Å². The van der Waals surface area contributed by atoms with Gasteiger partial charge in [0.15, 0.2) is 6.61 Å². The van der Waals surface area contributed by atoms with Gasteiger partial charge >= 0.3 is 0 Å². The second-order valence-electron chi connectivity index (χ2n) is 7.83. The van der Waals surface area contributed by atoms with Crippen molar-refractivity contribution >= 4 is 11.8 Å². The summed E-state index contributed by atoms with van der Waals surface area (Å²) >= 11 is 0. The van der Waals surface area contributed by atoms with Crippen LogP contribution in [0.5, 0.6) is 5.75 Å². The summed E-state index contributed by atoms with van der Waals surface area (Å²) in [4.78, 5) is 29.3. The zero-order valence-electron chi connectivity index (χ0n) is 16.2. The molecular weight excluding hydrogens is 342 g/mol. The van der Waals surface area contributed by atoms with E-state index in [-0.39, 0.29) is 30.4 Å². The molecule has 1 aromatic carbocycles. The maximum Gasteiger partial charge on any atom is 0.260 e. The van der Waals surface area contributed by atoms with Crippen LogP contribution in [0.15, 0.2) is 30.3 Å².